The molecule has 80 valence electrons. The molecular weight excluding hydrogens is 232 g/mol. The predicted octanol–water partition coefficient (Wildman–Crippen LogP) is 2.12. The summed E-state index contributed by atoms with van der Waals surface area (Å²) >= 11 is 2.50. The van der Waals surface area contributed by atoms with Gasteiger partial charge in [-0.25, -0.2) is 0 Å². The van der Waals surface area contributed by atoms with Crippen LogP contribution < -0.4 is 3.89 Å². The summed E-state index contributed by atoms with van der Waals surface area (Å²) in [5, 5.41) is 2.25. The summed E-state index contributed by atoms with van der Waals surface area (Å²) in [5.74, 6) is 0. The molecule has 0 saturated heterocycles. The maximum atomic E-state index is 11.2. The van der Waals surface area contributed by atoms with Crippen LogP contribution in [-0.2, 0) is 11.3 Å². The highest BCUT2D eigenvalue weighted by Gasteiger charge is 2.29. The Morgan fingerprint density at radius 1 is 1.47 bits per heavy atom. The molecule has 0 aliphatic carbocycles. The quantitative estimate of drug-likeness (QED) is 0.383. The zero-order chi connectivity index (χ0) is 11.5. The van der Waals surface area contributed by atoms with Crippen molar-refractivity contribution < 1.29 is 8.76 Å². The Labute approximate surface area is 96.3 Å². The monoisotopic (exact) mass is 243 g/mol. The van der Waals surface area contributed by atoms with E-state index in [1.165, 1.54) is 0 Å². The smallest absolute Gasteiger partial charge is 0.260 e. The van der Waals surface area contributed by atoms with Crippen molar-refractivity contribution >= 4 is 40.0 Å². The first-order chi connectivity index (χ1) is 7.00. The Morgan fingerprint density at radius 2 is 2.07 bits per heavy atom. The molecule has 1 aromatic carbocycles. The molecule has 15 heavy (non-hydrogen) atoms. The third-order valence-corrected chi connectivity index (χ3v) is 3.09. The van der Waals surface area contributed by atoms with E-state index < -0.39 is 11.3 Å². The molecule has 1 N–H and O–H groups in total. The van der Waals surface area contributed by atoms with E-state index in [0.29, 0.717) is 11.4 Å². The molecule has 0 bridgehead atoms. The molecule has 0 heterocycles. The summed E-state index contributed by atoms with van der Waals surface area (Å²) in [7, 11) is 3.24. The Morgan fingerprint density at radius 3 is 2.60 bits per heavy atom. The molecule has 4 nitrogen and oxygen atoms in total. The SMILES string of the molecule is C[N+](C)(c1ccccc1N=C=S)S(=O)O. The van der Waals surface area contributed by atoms with Gasteiger partial charge in [0.2, 0.25) is 0 Å². The lowest BCUT2D eigenvalue weighted by atomic mass is 10.2. The average molecular weight is 243 g/mol. The van der Waals surface area contributed by atoms with E-state index in [-0.39, 0.29) is 3.89 Å². The van der Waals surface area contributed by atoms with Crippen LogP contribution in [0.25, 0.3) is 0 Å². The fraction of sp³-hybridized carbons (Fsp3) is 0.222. The maximum absolute atomic E-state index is 11.2. The molecule has 1 atom stereocenters. The summed E-state index contributed by atoms with van der Waals surface area (Å²) in [5.41, 5.74) is 1.18. The number of thiocarbonyl (C=S) groups is 1. The van der Waals surface area contributed by atoms with Gasteiger partial charge >= 0.3 is 11.3 Å². The summed E-state index contributed by atoms with van der Waals surface area (Å²) in [6.07, 6.45) is 0. The van der Waals surface area contributed by atoms with Crippen LogP contribution in [0.5, 0.6) is 0 Å². The third kappa shape index (κ3) is 2.56. The van der Waals surface area contributed by atoms with E-state index in [4.69, 9.17) is 0 Å². The molecule has 0 amide bonds. The fourth-order valence-corrected chi connectivity index (χ4v) is 1.57. The van der Waals surface area contributed by atoms with Gasteiger partial charge in [-0.15, -0.1) is 0 Å². The summed E-state index contributed by atoms with van der Waals surface area (Å²) in [6, 6.07) is 7.03. The van der Waals surface area contributed by atoms with Crippen molar-refractivity contribution in [2.45, 2.75) is 0 Å². The largest absolute Gasteiger partial charge is 0.363 e. The molecule has 0 aromatic heterocycles. The molecule has 0 saturated carbocycles. The van der Waals surface area contributed by atoms with Crippen LogP contribution in [0.3, 0.4) is 0 Å². The van der Waals surface area contributed by atoms with Gasteiger partial charge in [0.1, 0.15) is 5.69 Å². The second-order valence-corrected chi connectivity index (χ2v) is 4.83. The summed E-state index contributed by atoms with van der Waals surface area (Å²) in [6.45, 7) is 0. The summed E-state index contributed by atoms with van der Waals surface area (Å²) < 4.78 is 20.2. The highest BCUT2D eigenvalue weighted by molar-refractivity contribution is 7.78. The number of benzene rings is 1. The number of quaternary nitrogens is 1. The van der Waals surface area contributed by atoms with Gasteiger partial charge in [-0.05, 0) is 18.3 Å². The van der Waals surface area contributed by atoms with Gasteiger partial charge in [-0.1, -0.05) is 12.1 Å². The van der Waals surface area contributed by atoms with Crippen LogP contribution in [0, 0.1) is 0 Å². The number of isothiocyanates is 1. The number of hydrogen-bond donors (Lipinski definition) is 1. The predicted molar refractivity (Wildman–Crippen MR) is 65.5 cm³/mol. The van der Waals surface area contributed by atoms with E-state index in [0.717, 1.165) is 0 Å². The second-order valence-electron chi connectivity index (χ2n) is 3.27. The number of para-hydroxylation sites is 2. The van der Waals surface area contributed by atoms with Crippen LogP contribution >= 0.6 is 12.2 Å². The van der Waals surface area contributed by atoms with E-state index >= 15 is 0 Å². The van der Waals surface area contributed by atoms with E-state index in [1.54, 1.807) is 38.4 Å². The molecule has 1 unspecified atom stereocenters. The Hall–Kier alpha value is -0.910. The van der Waals surface area contributed by atoms with Crippen LogP contribution in [-0.4, -0.2) is 28.0 Å². The maximum Gasteiger partial charge on any atom is 0.363 e. The second kappa shape index (κ2) is 4.74. The standard InChI is InChI=1S/C9H10N2O2S2/c1-11(2,15(12)13)9-6-4-3-5-8(9)10-7-14/h3-6H,1-2H3/p+1. The first-order valence-electron chi connectivity index (χ1n) is 4.13. The van der Waals surface area contributed by atoms with E-state index in [1.807, 2.05) is 0 Å². The zero-order valence-corrected chi connectivity index (χ0v) is 10.0. The lowest BCUT2D eigenvalue weighted by Gasteiger charge is -2.23. The third-order valence-electron chi connectivity index (χ3n) is 2.02. The highest BCUT2D eigenvalue weighted by Crippen LogP contribution is 2.31. The van der Waals surface area contributed by atoms with Crippen molar-refractivity contribution in [2.75, 3.05) is 14.1 Å². The Kier molecular flexibility index (Phi) is 3.84. The highest BCUT2D eigenvalue weighted by atomic mass is 32.2. The van der Waals surface area contributed by atoms with Crippen molar-refractivity contribution in [1.29, 1.82) is 0 Å². The van der Waals surface area contributed by atoms with Crippen LogP contribution in [0.1, 0.15) is 0 Å². The number of nitrogens with zero attached hydrogens (tertiary/aromatic N) is 2. The van der Waals surface area contributed by atoms with E-state index in [9.17, 15) is 8.76 Å². The minimum absolute atomic E-state index is 0.184. The number of aliphatic imine (C=N–C) groups is 1. The number of hydrogen-bond acceptors (Lipinski definition) is 3. The lowest BCUT2D eigenvalue weighted by molar-refractivity contribution is 0.484. The van der Waals surface area contributed by atoms with Crippen LogP contribution in [0.15, 0.2) is 29.3 Å². The molecule has 0 fully saturated rings. The molecule has 6 heteroatoms. The lowest BCUT2D eigenvalue weighted by Crippen LogP contribution is -2.41. The van der Waals surface area contributed by atoms with Gasteiger partial charge in [0.25, 0.3) is 0 Å². The van der Waals surface area contributed by atoms with Crippen molar-refractivity contribution in [2.24, 2.45) is 4.99 Å². The van der Waals surface area contributed by atoms with Gasteiger partial charge in [-0.2, -0.15) is 13.1 Å². The normalized spacial score (nSPS) is 13.0. The van der Waals surface area contributed by atoms with Crippen molar-refractivity contribution in [3.05, 3.63) is 24.3 Å². The molecular formula is C9H11N2O2S2+. The Balaban J connectivity index is 3.36. The van der Waals surface area contributed by atoms with Crippen LogP contribution in [0.2, 0.25) is 0 Å². The van der Waals surface area contributed by atoms with E-state index in [2.05, 4.69) is 22.4 Å². The summed E-state index contributed by atoms with van der Waals surface area (Å²) in [4.78, 5) is 3.86. The Bertz CT molecular complexity index is 439. The van der Waals surface area contributed by atoms with Gasteiger partial charge in [0.15, 0.2) is 5.69 Å². The topological polar surface area (TPSA) is 49.7 Å². The van der Waals surface area contributed by atoms with Crippen molar-refractivity contribution in [1.82, 2.24) is 3.89 Å². The van der Waals surface area contributed by atoms with Crippen molar-refractivity contribution in [3.8, 4) is 0 Å². The minimum atomic E-state index is -2.03. The fourth-order valence-electron chi connectivity index (χ4n) is 1.15. The van der Waals surface area contributed by atoms with Crippen molar-refractivity contribution in [3.63, 3.8) is 0 Å². The molecule has 1 rings (SSSR count). The van der Waals surface area contributed by atoms with Crippen LogP contribution in [0.4, 0.5) is 11.4 Å². The van der Waals surface area contributed by atoms with Gasteiger partial charge < -0.3 is 0 Å². The van der Waals surface area contributed by atoms with Gasteiger partial charge in [0.05, 0.1) is 19.3 Å². The molecule has 0 radical (unpaired) electrons. The molecule has 1 aromatic rings. The average Bonchev–Trinajstić information content (AvgIpc) is 2.18. The van der Waals surface area contributed by atoms with Gasteiger partial charge in [-0.3, -0.25) is 4.55 Å². The molecule has 0 aliphatic rings. The minimum Gasteiger partial charge on any atom is -0.260 e. The van der Waals surface area contributed by atoms with Gasteiger partial charge in [0, 0.05) is 6.07 Å². The first-order valence-corrected chi connectivity index (χ1v) is 5.60. The molecule has 0 spiro atoms. The molecule has 0 aliphatic heterocycles. The zero-order valence-electron chi connectivity index (χ0n) is 8.38. The number of rotatable bonds is 3. The first kappa shape index (κ1) is 12.2.